The predicted molar refractivity (Wildman–Crippen MR) is 135 cm³/mol. The Morgan fingerprint density at radius 1 is 0.824 bits per heavy atom. The van der Waals surface area contributed by atoms with Crippen molar-refractivity contribution >= 4 is 31.4 Å². The van der Waals surface area contributed by atoms with Crippen LogP contribution in [0.2, 0.25) is 0 Å². The minimum Gasteiger partial charge on any atom is -0.495 e. The number of unbranched alkanes of at least 4 members (excludes halogenated alkanes) is 1. The molecule has 0 saturated heterocycles. The summed E-state index contributed by atoms with van der Waals surface area (Å²) in [4.78, 5) is 0.353. The van der Waals surface area contributed by atoms with E-state index in [1.165, 1.54) is 42.8 Å². The van der Waals surface area contributed by atoms with Gasteiger partial charge in [0.25, 0.3) is 0 Å². The topological polar surface area (TPSA) is 154 Å². The third-order valence-corrected chi connectivity index (χ3v) is 8.38. The third-order valence-electron chi connectivity index (χ3n) is 4.88. The van der Waals surface area contributed by atoms with Gasteiger partial charge in [0.15, 0.2) is 0 Å². The molecule has 2 aromatic carbocycles. The first kappa shape index (κ1) is 29.5. The van der Waals surface area contributed by atoms with Crippen LogP contribution < -0.4 is 25.7 Å². The molecule has 0 fully saturated rings. The fraction of sp³-hybridized carbons (Fsp3) is 0.455. The zero-order chi connectivity index (χ0) is 25.9. The first-order valence-corrected chi connectivity index (χ1v) is 13.8. The van der Waals surface area contributed by atoms with Gasteiger partial charge in [0.05, 0.1) is 35.4 Å². The van der Waals surface area contributed by atoms with E-state index in [-0.39, 0.29) is 9.79 Å². The van der Waals surface area contributed by atoms with Gasteiger partial charge in [-0.1, -0.05) is 27.2 Å². The van der Waals surface area contributed by atoms with Crippen LogP contribution in [0.1, 0.15) is 33.6 Å². The molecule has 5 N–H and O–H groups in total. The maximum atomic E-state index is 12.2. The molecule has 0 bridgehead atoms. The molecule has 0 atom stereocenters. The maximum Gasteiger partial charge on any atom is 0.243 e. The Hall–Kier alpha value is -2.54. The van der Waals surface area contributed by atoms with Gasteiger partial charge in [-0.3, -0.25) is 0 Å². The highest BCUT2D eigenvalue weighted by Crippen LogP contribution is 2.26. The molecular formula is C22H36N4O6S2. The summed E-state index contributed by atoms with van der Waals surface area (Å²) in [6, 6.07) is 8.90. The van der Waals surface area contributed by atoms with E-state index < -0.39 is 20.0 Å². The van der Waals surface area contributed by atoms with E-state index >= 15 is 0 Å². The van der Waals surface area contributed by atoms with Gasteiger partial charge in [0.2, 0.25) is 20.0 Å². The number of anilines is 2. The molecule has 12 heteroatoms. The Balaban J connectivity index is 0.000000340. The van der Waals surface area contributed by atoms with Gasteiger partial charge in [-0.25, -0.2) is 21.6 Å². The fourth-order valence-corrected chi connectivity index (χ4v) is 5.53. The fourth-order valence-electron chi connectivity index (χ4n) is 2.93. The summed E-state index contributed by atoms with van der Waals surface area (Å²) in [6.07, 6.45) is 1.75. The minimum absolute atomic E-state index is 0.159. The summed E-state index contributed by atoms with van der Waals surface area (Å²) in [5.41, 5.74) is 12.0. The number of rotatable bonds is 11. The van der Waals surface area contributed by atoms with Gasteiger partial charge in [-0.05, 0) is 42.8 Å². The first-order chi connectivity index (χ1) is 16.0. The number of hydrogen-bond donors (Lipinski definition) is 3. The van der Waals surface area contributed by atoms with E-state index in [4.69, 9.17) is 20.9 Å². The number of hydrogen-bond acceptors (Lipinski definition) is 8. The van der Waals surface area contributed by atoms with Crippen molar-refractivity contribution in [1.29, 1.82) is 0 Å². The summed E-state index contributed by atoms with van der Waals surface area (Å²) in [5.74, 6) is 0.945. The van der Waals surface area contributed by atoms with Crippen molar-refractivity contribution in [2.24, 2.45) is 0 Å². The molecule has 192 valence electrons. The van der Waals surface area contributed by atoms with E-state index in [2.05, 4.69) is 4.72 Å². The molecule has 0 radical (unpaired) electrons. The summed E-state index contributed by atoms with van der Waals surface area (Å²) in [6.45, 7) is 6.90. The lowest BCUT2D eigenvalue weighted by Crippen LogP contribution is -2.30. The van der Waals surface area contributed by atoms with E-state index in [1.807, 2.05) is 6.92 Å². The van der Waals surface area contributed by atoms with Gasteiger partial charge >= 0.3 is 0 Å². The van der Waals surface area contributed by atoms with Crippen molar-refractivity contribution in [2.75, 3.05) is 45.3 Å². The Labute approximate surface area is 203 Å². The van der Waals surface area contributed by atoms with Crippen molar-refractivity contribution in [1.82, 2.24) is 9.03 Å². The van der Waals surface area contributed by atoms with Crippen LogP contribution in [0.25, 0.3) is 0 Å². The SMILES string of the molecule is CCCCNS(=O)(=O)c1ccc(OC)c(N)c1.CCN(CC)S(=O)(=O)c1ccc(OC)c(N)c1. The molecule has 2 aromatic rings. The van der Waals surface area contributed by atoms with E-state index in [0.717, 1.165) is 12.8 Å². The molecule has 0 aliphatic rings. The average Bonchev–Trinajstić information content (AvgIpc) is 2.80. The van der Waals surface area contributed by atoms with E-state index in [9.17, 15) is 16.8 Å². The molecule has 2 rings (SSSR count). The lowest BCUT2D eigenvalue weighted by molar-refractivity contribution is 0.416. The van der Waals surface area contributed by atoms with Gasteiger partial charge in [-0.2, -0.15) is 4.31 Å². The van der Waals surface area contributed by atoms with Crippen LogP contribution in [0.5, 0.6) is 11.5 Å². The van der Waals surface area contributed by atoms with Gasteiger partial charge in [-0.15, -0.1) is 0 Å². The molecule has 0 aliphatic heterocycles. The normalized spacial score (nSPS) is 11.6. The molecule has 0 spiro atoms. The molecular weight excluding hydrogens is 480 g/mol. The Kier molecular flexibility index (Phi) is 11.6. The predicted octanol–water partition coefficient (Wildman–Crippen LogP) is 2.66. The van der Waals surface area contributed by atoms with E-state index in [1.54, 1.807) is 26.0 Å². The molecule has 0 aromatic heterocycles. The Bertz CT molecular complexity index is 1130. The van der Waals surface area contributed by atoms with Gasteiger partial charge < -0.3 is 20.9 Å². The number of nitrogens with two attached hydrogens (primary N) is 2. The van der Waals surface area contributed by atoms with Crippen LogP contribution in [-0.4, -0.2) is 55.0 Å². The molecule has 34 heavy (non-hydrogen) atoms. The third kappa shape index (κ3) is 7.76. The van der Waals surface area contributed by atoms with Crippen molar-refractivity contribution in [3.63, 3.8) is 0 Å². The summed E-state index contributed by atoms with van der Waals surface area (Å²) in [7, 11) is -3.94. The average molecular weight is 517 g/mol. The molecule has 10 nitrogen and oxygen atoms in total. The highest BCUT2D eigenvalue weighted by atomic mass is 32.2. The first-order valence-electron chi connectivity index (χ1n) is 10.8. The standard InChI is InChI=1S/2C11H18N2O3S/c1-4-13(5-2)17(14,15)9-6-7-11(16-3)10(12)8-9;1-3-4-7-13-17(14,15)9-5-6-11(16-2)10(12)8-9/h6-8H,4-5,12H2,1-3H3;5-6,8,13H,3-4,7,12H2,1-2H3. The second kappa shape index (κ2) is 13.4. The van der Waals surface area contributed by atoms with Crippen molar-refractivity contribution in [3.05, 3.63) is 36.4 Å². The van der Waals surface area contributed by atoms with Crippen LogP contribution in [0.3, 0.4) is 0 Å². The number of nitrogen functional groups attached to an aromatic ring is 2. The highest BCUT2D eigenvalue weighted by Gasteiger charge is 2.22. The smallest absolute Gasteiger partial charge is 0.243 e. The van der Waals surface area contributed by atoms with Crippen LogP contribution >= 0.6 is 0 Å². The molecule has 0 aliphatic carbocycles. The highest BCUT2D eigenvalue weighted by molar-refractivity contribution is 7.89. The lowest BCUT2D eigenvalue weighted by atomic mass is 10.3. The largest absolute Gasteiger partial charge is 0.495 e. The van der Waals surface area contributed by atoms with Crippen molar-refractivity contribution in [2.45, 2.75) is 43.4 Å². The lowest BCUT2D eigenvalue weighted by Gasteiger charge is -2.18. The molecule has 0 amide bonds. The van der Waals surface area contributed by atoms with Crippen LogP contribution in [0.4, 0.5) is 11.4 Å². The van der Waals surface area contributed by atoms with Crippen LogP contribution in [0.15, 0.2) is 46.2 Å². The van der Waals surface area contributed by atoms with Crippen molar-refractivity contribution < 1.29 is 26.3 Å². The number of nitrogens with one attached hydrogen (secondary N) is 1. The number of sulfonamides is 2. The number of nitrogens with zero attached hydrogens (tertiary/aromatic N) is 1. The van der Waals surface area contributed by atoms with Gasteiger partial charge in [0.1, 0.15) is 11.5 Å². The van der Waals surface area contributed by atoms with Crippen LogP contribution in [0, 0.1) is 0 Å². The number of methoxy groups -OCH3 is 2. The quantitative estimate of drug-likeness (QED) is 0.304. The molecule has 0 unspecified atom stereocenters. The summed E-state index contributed by atoms with van der Waals surface area (Å²) in [5, 5.41) is 0. The second-order valence-corrected chi connectivity index (χ2v) is 10.9. The molecule has 0 saturated carbocycles. The summed E-state index contributed by atoms with van der Waals surface area (Å²) >= 11 is 0. The van der Waals surface area contributed by atoms with Crippen LogP contribution in [-0.2, 0) is 20.0 Å². The van der Waals surface area contributed by atoms with Crippen molar-refractivity contribution in [3.8, 4) is 11.5 Å². The summed E-state index contributed by atoms with van der Waals surface area (Å²) < 4.78 is 61.9. The number of benzene rings is 2. The van der Waals surface area contributed by atoms with E-state index in [0.29, 0.717) is 42.5 Å². The zero-order valence-corrected chi connectivity index (χ0v) is 22.0. The zero-order valence-electron chi connectivity index (χ0n) is 20.4. The number of ether oxygens (including phenoxy) is 2. The van der Waals surface area contributed by atoms with Gasteiger partial charge in [0, 0.05) is 19.6 Å². The second-order valence-electron chi connectivity index (χ2n) is 7.15. The monoisotopic (exact) mass is 516 g/mol. The Morgan fingerprint density at radius 3 is 1.71 bits per heavy atom. The maximum absolute atomic E-state index is 12.2. The molecule has 0 heterocycles. The minimum atomic E-state index is -3.47. The Morgan fingerprint density at radius 2 is 1.29 bits per heavy atom.